The minimum Gasteiger partial charge on any atom is -0.465 e. The molecule has 0 atom stereocenters. The maximum atomic E-state index is 10.4. The highest BCUT2D eigenvalue weighted by molar-refractivity contribution is 5.86. The summed E-state index contributed by atoms with van der Waals surface area (Å²) in [5, 5.41) is 7.92. The Labute approximate surface area is 84.0 Å². The summed E-state index contributed by atoms with van der Waals surface area (Å²) in [6, 6.07) is 0. The molecule has 0 aliphatic heterocycles. The van der Waals surface area contributed by atoms with Crippen molar-refractivity contribution >= 4 is 12.1 Å². The summed E-state index contributed by atoms with van der Waals surface area (Å²) in [4.78, 5) is 21.1. The van der Waals surface area contributed by atoms with Gasteiger partial charge in [-0.25, -0.2) is 9.59 Å². The highest BCUT2D eigenvalue weighted by atomic mass is 16.5. The van der Waals surface area contributed by atoms with Crippen LogP contribution in [0.3, 0.4) is 0 Å². The fourth-order valence-corrected chi connectivity index (χ4v) is 0.254. The van der Waals surface area contributed by atoms with Gasteiger partial charge in [-0.05, 0) is 13.8 Å². The van der Waals surface area contributed by atoms with Gasteiger partial charge in [0.2, 0.25) is 0 Å². The lowest BCUT2D eigenvalue weighted by atomic mass is 10.4. The zero-order chi connectivity index (χ0) is 11.7. The molecule has 0 unspecified atom stereocenters. The molecule has 0 aromatic carbocycles. The van der Waals surface area contributed by atoms with Crippen molar-refractivity contribution in [2.45, 2.75) is 13.8 Å². The van der Waals surface area contributed by atoms with E-state index in [1.807, 2.05) is 0 Å². The molecule has 0 aromatic rings. The quantitative estimate of drug-likeness (QED) is 0.543. The molecule has 0 rings (SSSR count). The van der Waals surface area contributed by atoms with Crippen LogP contribution in [0, 0.1) is 0 Å². The Bertz CT molecular complexity index is 211. The van der Waals surface area contributed by atoms with Crippen LogP contribution in [0.15, 0.2) is 12.2 Å². The van der Waals surface area contributed by atoms with Gasteiger partial charge in [0.15, 0.2) is 0 Å². The second-order valence-corrected chi connectivity index (χ2v) is 2.68. The molecular weight excluding hydrogens is 186 g/mol. The average Bonchev–Trinajstić information content (AvgIpc) is 2.05. The standard InChI is InChI=1S/C6H10O2.C3H7NO2/c1-4-8-6(7)5(2)3;1-4(2)3(5)6/h2,4H2,1,3H3;1-2H3,(H,5,6). The largest absolute Gasteiger partial charge is 0.465 e. The highest BCUT2D eigenvalue weighted by Gasteiger charge is 1.98. The van der Waals surface area contributed by atoms with Crippen molar-refractivity contribution in [3.05, 3.63) is 12.2 Å². The van der Waals surface area contributed by atoms with E-state index >= 15 is 0 Å². The van der Waals surface area contributed by atoms with E-state index in [1.165, 1.54) is 14.1 Å². The fraction of sp³-hybridized carbons (Fsp3) is 0.556. The molecule has 0 spiro atoms. The van der Waals surface area contributed by atoms with Crippen LogP contribution in [0.1, 0.15) is 13.8 Å². The lowest BCUT2D eigenvalue weighted by molar-refractivity contribution is -0.138. The first kappa shape index (κ1) is 15.0. The fourth-order valence-electron chi connectivity index (χ4n) is 0.254. The van der Waals surface area contributed by atoms with Crippen LogP contribution in [-0.4, -0.2) is 42.8 Å². The van der Waals surface area contributed by atoms with Crippen molar-refractivity contribution in [1.82, 2.24) is 4.90 Å². The van der Waals surface area contributed by atoms with E-state index in [4.69, 9.17) is 5.11 Å². The minimum absolute atomic E-state index is 0.312. The number of amides is 1. The van der Waals surface area contributed by atoms with Crippen molar-refractivity contribution < 1.29 is 19.4 Å². The molecule has 1 amide bonds. The molecule has 0 fully saturated rings. The summed E-state index contributed by atoms with van der Waals surface area (Å²) < 4.78 is 4.56. The van der Waals surface area contributed by atoms with Crippen LogP contribution in [-0.2, 0) is 9.53 Å². The SMILES string of the molecule is C=C(C)C(=O)OCC.CN(C)C(=O)O. The summed E-state index contributed by atoms with van der Waals surface area (Å²) in [6.07, 6.45) is -0.907. The van der Waals surface area contributed by atoms with E-state index in [0.29, 0.717) is 12.2 Å². The van der Waals surface area contributed by atoms with Gasteiger partial charge in [0, 0.05) is 19.7 Å². The van der Waals surface area contributed by atoms with Gasteiger partial charge in [-0.15, -0.1) is 0 Å². The predicted molar refractivity (Wildman–Crippen MR) is 53.2 cm³/mol. The summed E-state index contributed by atoms with van der Waals surface area (Å²) in [5.41, 5.74) is 0.451. The lowest BCUT2D eigenvalue weighted by Crippen LogP contribution is -2.18. The van der Waals surface area contributed by atoms with E-state index in [1.54, 1.807) is 13.8 Å². The van der Waals surface area contributed by atoms with E-state index in [9.17, 15) is 9.59 Å². The number of ether oxygens (including phenoxy) is 1. The molecule has 0 saturated carbocycles. The number of carbonyl (C=O) groups is 2. The molecule has 0 aliphatic carbocycles. The third-order valence-corrected chi connectivity index (χ3v) is 1.01. The molecular formula is C9H17NO4. The molecule has 14 heavy (non-hydrogen) atoms. The smallest absolute Gasteiger partial charge is 0.406 e. The molecule has 0 aliphatic rings. The van der Waals surface area contributed by atoms with E-state index in [0.717, 1.165) is 4.90 Å². The molecule has 82 valence electrons. The molecule has 0 heterocycles. The number of hydrogen-bond acceptors (Lipinski definition) is 3. The molecule has 1 N–H and O–H groups in total. The molecule has 0 radical (unpaired) electrons. The summed E-state index contributed by atoms with van der Waals surface area (Å²) >= 11 is 0. The topological polar surface area (TPSA) is 66.8 Å². The monoisotopic (exact) mass is 203 g/mol. The Balaban J connectivity index is 0. The number of esters is 1. The van der Waals surface area contributed by atoms with Crippen LogP contribution in [0.5, 0.6) is 0 Å². The van der Waals surface area contributed by atoms with Crippen LogP contribution < -0.4 is 0 Å². The highest BCUT2D eigenvalue weighted by Crippen LogP contribution is 1.89. The summed E-state index contributed by atoms with van der Waals surface area (Å²) in [7, 11) is 2.95. The van der Waals surface area contributed by atoms with Gasteiger partial charge in [0.05, 0.1) is 6.61 Å². The summed E-state index contributed by atoms with van der Waals surface area (Å²) in [6.45, 7) is 7.21. The zero-order valence-corrected chi connectivity index (χ0v) is 9.03. The van der Waals surface area contributed by atoms with Crippen molar-refractivity contribution in [2.75, 3.05) is 20.7 Å². The maximum absolute atomic E-state index is 10.4. The van der Waals surface area contributed by atoms with Crippen molar-refractivity contribution in [3.8, 4) is 0 Å². The van der Waals surface area contributed by atoms with Gasteiger partial charge in [-0.3, -0.25) is 0 Å². The van der Waals surface area contributed by atoms with Crippen LogP contribution in [0.4, 0.5) is 4.79 Å². The molecule has 0 bridgehead atoms. The number of hydrogen-bond donors (Lipinski definition) is 1. The first-order valence-corrected chi connectivity index (χ1v) is 4.05. The van der Waals surface area contributed by atoms with Gasteiger partial charge in [0.25, 0.3) is 0 Å². The van der Waals surface area contributed by atoms with Crippen LogP contribution >= 0.6 is 0 Å². The number of carboxylic acid groups (broad SMARTS) is 1. The van der Waals surface area contributed by atoms with E-state index < -0.39 is 6.09 Å². The van der Waals surface area contributed by atoms with Gasteiger partial charge < -0.3 is 14.7 Å². The second kappa shape index (κ2) is 8.10. The van der Waals surface area contributed by atoms with E-state index in [-0.39, 0.29) is 5.97 Å². The summed E-state index contributed by atoms with van der Waals surface area (Å²) in [5.74, 6) is -0.312. The first-order chi connectivity index (χ1) is 6.32. The number of nitrogens with zero attached hydrogens (tertiary/aromatic N) is 1. The first-order valence-electron chi connectivity index (χ1n) is 4.05. The van der Waals surface area contributed by atoms with Crippen molar-refractivity contribution in [2.24, 2.45) is 0 Å². The Morgan fingerprint density at radius 1 is 1.43 bits per heavy atom. The Kier molecular flexibility index (Phi) is 8.66. The minimum atomic E-state index is -0.907. The molecule has 5 nitrogen and oxygen atoms in total. The van der Waals surface area contributed by atoms with Crippen LogP contribution in [0.2, 0.25) is 0 Å². The van der Waals surface area contributed by atoms with Crippen molar-refractivity contribution in [1.29, 1.82) is 0 Å². The molecule has 0 aromatic heterocycles. The maximum Gasteiger partial charge on any atom is 0.406 e. The van der Waals surface area contributed by atoms with E-state index in [2.05, 4.69) is 11.3 Å². The third-order valence-electron chi connectivity index (χ3n) is 1.01. The predicted octanol–water partition coefficient (Wildman–Crippen LogP) is 1.35. The Hall–Kier alpha value is -1.52. The third kappa shape index (κ3) is 10.5. The molecule has 5 heteroatoms. The second-order valence-electron chi connectivity index (χ2n) is 2.68. The van der Waals surface area contributed by atoms with Crippen LogP contribution in [0.25, 0.3) is 0 Å². The zero-order valence-electron chi connectivity index (χ0n) is 9.03. The normalized spacial score (nSPS) is 8.00. The Morgan fingerprint density at radius 3 is 1.86 bits per heavy atom. The lowest BCUT2D eigenvalue weighted by Gasteiger charge is -1.99. The van der Waals surface area contributed by atoms with Gasteiger partial charge in [-0.2, -0.15) is 0 Å². The van der Waals surface area contributed by atoms with Gasteiger partial charge in [0.1, 0.15) is 0 Å². The van der Waals surface area contributed by atoms with Gasteiger partial charge >= 0.3 is 12.1 Å². The Morgan fingerprint density at radius 2 is 1.79 bits per heavy atom. The molecule has 0 saturated heterocycles. The number of carbonyl (C=O) groups excluding carboxylic acids is 1. The van der Waals surface area contributed by atoms with Gasteiger partial charge in [-0.1, -0.05) is 6.58 Å². The average molecular weight is 203 g/mol. The number of rotatable bonds is 2. The van der Waals surface area contributed by atoms with Crippen molar-refractivity contribution in [3.63, 3.8) is 0 Å².